The highest BCUT2D eigenvalue weighted by atomic mass is 32.2. The van der Waals surface area contributed by atoms with Crippen LogP contribution in [0, 0.1) is 11.3 Å². The average molecular weight is 576 g/mol. The summed E-state index contributed by atoms with van der Waals surface area (Å²) in [5.41, 5.74) is 2.45. The molecule has 41 heavy (non-hydrogen) atoms. The van der Waals surface area contributed by atoms with Crippen LogP contribution in [0.3, 0.4) is 0 Å². The minimum absolute atomic E-state index is 0.0453. The van der Waals surface area contributed by atoms with Crippen molar-refractivity contribution >= 4 is 23.6 Å². The van der Waals surface area contributed by atoms with Gasteiger partial charge < -0.3 is 9.80 Å². The standard InChI is InChI=1S/C33H45N5O2S/c1-25(23-33(3,4)5)21-31(40)37-19-18-36(24-26(37)2)30(39)17-12-20-41-32-35-34-29(22-27-13-8-6-9-14-27)38(32)28-15-10-7-11-16-28/h6-11,13-16,25-26H,12,17-24H2,1-5H3. The number of thioether (sulfide) groups is 1. The molecule has 220 valence electrons. The summed E-state index contributed by atoms with van der Waals surface area (Å²) in [6, 6.07) is 20.5. The highest BCUT2D eigenvalue weighted by Crippen LogP contribution is 2.27. The van der Waals surface area contributed by atoms with Gasteiger partial charge in [-0.05, 0) is 48.8 Å². The Kier molecular flexibility index (Phi) is 10.6. The molecule has 2 atom stereocenters. The van der Waals surface area contributed by atoms with Gasteiger partial charge in [-0.2, -0.15) is 0 Å². The van der Waals surface area contributed by atoms with Crippen molar-refractivity contribution in [2.75, 3.05) is 25.4 Å². The lowest BCUT2D eigenvalue weighted by atomic mass is 9.84. The monoisotopic (exact) mass is 575 g/mol. The second-order valence-corrected chi connectivity index (χ2v) is 13.6. The van der Waals surface area contributed by atoms with Crippen LogP contribution >= 0.6 is 11.8 Å². The number of piperazine rings is 1. The van der Waals surface area contributed by atoms with E-state index in [1.807, 2.05) is 46.2 Å². The number of carbonyl (C=O) groups excluding carboxylic acids is 2. The van der Waals surface area contributed by atoms with Gasteiger partial charge in [0.1, 0.15) is 5.82 Å². The molecule has 0 radical (unpaired) electrons. The molecule has 1 aliphatic rings. The van der Waals surface area contributed by atoms with Crippen molar-refractivity contribution in [2.24, 2.45) is 11.3 Å². The zero-order chi connectivity index (χ0) is 29.4. The van der Waals surface area contributed by atoms with Gasteiger partial charge >= 0.3 is 0 Å². The minimum Gasteiger partial charge on any atom is -0.339 e. The van der Waals surface area contributed by atoms with E-state index in [4.69, 9.17) is 0 Å². The second kappa shape index (κ2) is 14.2. The lowest BCUT2D eigenvalue weighted by Crippen LogP contribution is -2.55. The van der Waals surface area contributed by atoms with Crippen molar-refractivity contribution in [3.8, 4) is 5.69 Å². The molecule has 1 fully saturated rings. The summed E-state index contributed by atoms with van der Waals surface area (Å²) in [6.07, 6.45) is 3.56. The Hall–Kier alpha value is -3.13. The van der Waals surface area contributed by atoms with E-state index >= 15 is 0 Å². The quantitative estimate of drug-likeness (QED) is 0.200. The molecule has 4 rings (SSSR count). The van der Waals surface area contributed by atoms with E-state index in [1.165, 1.54) is 5.56 Å². The number of carbonyl (C=O) groups is 2. The van der Waals surface area contributed by atoms with Gasteiger partial charge in [-0.15, -0.1) is 10.2 Å². The summed E-state index contributed by atoms with van der Waals surface area (Å²) in [5, 5.41) is 9.88. The van der Waals surface area contributed by atoms with Crippen LogP contribution in [0.1, 0.15) is 71.7 Å². The van der Waals surface area contributed by atoms with Gasteiger partial charge in [-0.3, -0.25) is 14.2 Å². The molecule has 0 saturated carbocycles. The fraction of sp³-hybridized carbons (Fsp3) is 0.515. The fourth-order valence-electron chi connectivity index (χ4n) is 5.76. The molecule has 0 aliphatic carbocycles. The van der Waals surface area contributed by atoms with Crippen molar-refractivity contribution in [1.29, 1.82) is 0 Å². The predicted molar refractivity (Wildman–Crippen MR) is 166 cm³/mol. The van der Waals surface area contributed by atoms with E-state index in [-0.39, 0.29) is 23.3 Å². The smallest absolute Gasteiger partial charge is 0.223 e. The lowest BCUT2D eigenvalue weighted by Gasteiger charge is -2.40. The Morgan fingerprint density at radius 2 is 1.66 bits per heavy atom. The molecule has 2 heterocycles. The summed E-state index contributed by atoms with van der Waals surface area (Å²) in [5.74, 6) is 2.41. The summed E-state index contributed by atoms with van der Waals surface area (Å²) < 4.78 is 2.12. The van der Waals surface area contributed by atoms with Crippen molar-refractivity contribution in [3.05, 3.63) is 72.1 Å². The molecular formula is C33H45N5O2S. The van der Waals surface area contributed by atoms with Crippen LogP contribution in [0.4, 0.5) is 0 Å². The highest BCUT2D eigenvalue weighted by Gasteiger charge is 2.30. The van der Waals surface area contributed by atoms with E-state index < -0.39 is 0 Å². The summed E-state index contributed by atoms with van der Waals surface area (Å²) in [4.78, 5) is 29.9. The van der Waals surface area contributed by atoms with Crippen molar-refractivity contribution in [1.82, 2.24) is 24.6 Å². The molecule has 2 amide bonds. The van der Waals surface area contributed by atoms with Crippen LogP contribution in [-0.4, -0.2) is 67.8 Å². The number of para-hydroxylation sites is 1. The normalized spacial score (nSPS) is 16.6. The van der Waals surface area contributed by atoms with Gasteiger partial charge in [-0.1, -0.05) is 88.0 Å². The number of amides is 2. The van der Waals surface area contributed by atoms with Crippen LogP contribution in [0.25, 0.3) is 5.69 Å². The predicted octanol–water partition coefficient (Wildman–Crippen LogP) is 6.25. The zero-order valence-electron chi connectivity index (χ0n) is 25.3. The number of aromatic nitrogens is 3. The Morgan fingerprint density at radius 3 is 2.32 bits per heavy atom. The van der Waals surface area contributed by atoms with E-state index in [9.17, 15) is 9.59 Å². The maximum absolute atomic E-state index is 13.0. The number of hydrogen-bond acceptors (Lipinski definition) is 5. The van der Waals surface area contributed by atoms with E-state index in [0.717, 1.165) is 35.3 Å². The summed E-state index contributed by atoms with van der Waals surface area (Å²) >= 11 is 1.64. The van der Waals surface area contributed by atoms with Gasteiger partial charge in [0.25, 0.3) is 0 Å². The third-order valence-electron chi connectivity index (χ3n) is 7.47. The van der Waals surface area contributed by atoms with Crippen molar-refractivity contribution in [2.45, 2.75) is 77.9 Å². The first-order chi connectivity index (χ1) is 19.6. The third kappa shape index (κ3) is 8.93. The van der Waals surface area contributed by atoms with Crippen LogP contribution in [0.5, 0.6) is 0 Å². The van der Waals surface area contributed by atoms with Gasteiger partial charge in [0.15, 0.2) is 5.16 Å². The Bertz CT molecular complexity index is 1270. The van der Waals surface area contributed by atoms with Gasteiger partial charge in [0.2, 0.25) is 11.8 Å². The van der Waals surface area contributed by atoms with Crippen LogP contribution < -0.4 is 0 Å². The third-order valence-corrected chi connectivity index (χ3v) is 8.49. The second-order valence-electron chi connectivity index (χ2n) is 12.5. The Labute approximate surface area is 249 Å². The molecule has 1 aromatic heterocycles. The lowest BCUT2D eigenvalue weighted by molar-refractivity contribution is -0.143. The number of hydrogen-bond donors (Lipinski definition) is 0. The van der Waals surface area contributed by atoms with Crippen LogP contribution in [-0.2, 0) is 16.0 Å². The average Bonchev–Trinajstić information content (AvgIpc) is 3.32. The van der Waals surface area contributed by atoms with Gasteiger partial charge in [-0.25, -0.2) is 0 Å². The van der Waals surface area contributed by atoms with E-state index in [2.05, 4.69) is 73.6 Å². The first-order valence-corrected chi connectivity index (χ1v) is 15.8. The summed E-state index contributed by atoms with van der Waals surface area (Å²) in [6.45, 7) is 12.7. The molecule has 0 N–H and O–H groups in total. The number of nitrogens with zero attached hydrogens (tertiary/aromatic N) is 5. The number of benzene rings is 2. The fourth-order valence-corrected chi connectivity index (χ4v) is 6.67. The van der Waals surface area contributed by atoms with E-state index in [0.29, 0.717) is 44.8 Å². The van der Waals surface area contributed by atoms with Crippen molar-refractivity contribution in [3.63, 3.8) is 0 Å². The van der Waals surface area contributed by atoms with Crippen LogP contribution in [0.2, 0.25) is 0 Å². The van der Waals surface area contributed by atoms with Crippen molar-refractivity contribution < 1.29 is 9.59 Å². The first-order valence-electron chi connectivity index (χ1n) is 14.8. The molecule has 2 unspecified atom stereocenters. The first kappa shape index (κ1) is 30.8. The molecule has 1 aliphatic heterocycles. The number of rotatable bonds is 11. The Morgan fingerprint density at radius 1 is 0.976 bits per heavy atom. The summed E-state index contributed by atoms with van der Waals surface area (Å²) in [7, 11) is 0. The maximum Gasteiger partial charge on any atom is 0.223 e. The zero-order valence-corrected chi connectivity index (χ0v) is 26.1. The maximum atomic E-state index is 13.0. The van der Waals surface area contributed by atoms with Gasteiger partial charge in [0, 0.05) is 56.4 Å². The molecule has 1 saturated heterocycles. The molecule has 7 nitrogen and oxygen atoms in total. The molecule has 0 bridgehead atoms. The largest absolute Gasteiger partial charge is 0.339 e. The minimum atomic E-state index is 0.0453. The van der Waals surface area contributed by atoms with Crippen LogP contribution in [0.15, 0.2) is 65.8 Å². The molecule has 0 spiro atoms. The topological polar surface area (TPSA) is 71.3 Å². The van der Waals surface area contributed by atoms with E-state index in [1.54, 1.807) is 11.8 Å². The highest BCUT2D eigenvalue weighted by molar-refractivity contribution is 7.99. The molecule has 8 heteroatoms. The van der Waals surface area contributed by atoms with Gasteiger partial charge in [0.05, 0.1) is 0 Å². The Balaban J connectivity index is 1.27. The SMILES string of the molecule is CC(CC(=O)N1CCN(C(=O)CCCSc2nnc(Cc3ccccc3)n2-c2ccccc2)CC1C)CC(C)(C)C. The molecular weight excluding hydrogens is 530 g/mol. The molecule has 2 aromatic carbocycles. The molecule has 3 aromatic rings.